The maximum atomic E-state index is 12.5. The van der Waals surface area contributed by atoms with Crippen LogP contribution in [0.4, 0.5) is 0 Å². The van der Waals surface area contributed by atoms with Crippen LogP contribution in [0.5, 0.6) is 0 Å². The molecule has 29 heavy (non-hydrogen) atoms. The number of cyclic esters (lactones) is 1. The van der Waals surface area contributed by atoms with Gasteiger partial charge in [-0.2, -0.15) is 0 Å². The second-order valence-corrected chi connectivity index (χ2v) is 8.46. The summed E-state index contributed by atoms with van der Waals surface area (Å²) >= 11 is 0. The molecular formula is C23H32N2O4. The third-order valence-corrected chi connectivity index (χ3v) is 6.18. The summed E-state index contributed by atoms with van der Waals surface area (Å²) in [5.41, 5.74) is 3.57. The molecule has 0 aromatic heterocycles. The molecule has 0 radical (unpaired) electrons. The first kappa shape index (κ1) is 21.3. The van der Waals surface area contributed by atoms with Crippen molar-refractivity contribution in [2.75, 3.05) is 6.61 Å². The van der Waals surface area contributed by atoms with E-state index in [0.29, 0.717) is 32.4 Å². The minimum Gasteiger partial charge on any atom is -0.465 e. The second kappa shape index (κ2) is 9.90. The number of hydrogen-bond acceptors (Lipinski definition) is 4. The molecule has 1 unspecified atom stereocenters. The summed E-state index contributed by atoms with van der Waals surface area (Å²) in [7, 11) is 0. The number of hydrogen-bond donors (Lipinski definition) is 2. The van der Waals surface area contributed by atoms with Gasteiger partial charge in [0.05, 0.1) is 12.5 Å². The molecule has 0 bridgehead atoms. The molecule has 6 heteroatoms. The molecule has 1 aromatic carbocycles. The van der Waals surface area contributed by atoms with Crippen LogP contribution in [0.1, 0.15) is 61.6 Å². The van der Waals surface area contributed by atoms with E-state index in [1.54, 1.807) is 0 Å². The molecular weight excluding hydrogens is 368 g/mol. The summed E-state index contributed by atoms with van der Waals surface area (Å²) in [6, 6.07) is 6.40. The Balaban J connectivity index is 1.35. The van der Waals surface area contributed by atoms with Crippen molar-refractivity contribution in [1.82, 2.24) is 10.6 Å². The zero-order valence-corrected chi connectivity index (χ0v) is 17.5. The van der Waals surface area contributed by atoms with Gasteiger partial charge in [0.25, 0.3) is 0 Å². The van der Waals surface area contributed by atoms with Gasteiger partial charge in [-0.15, -0.1) is 0 Å². The summed E-state index contributed by atoms with van der Waals surface area (Å²) in [4.78, 5) is 36.1. The number of carbonyl (C=O) groups is 3. The fourth-order valence-electron chi connectivity index (χ4n) is 4.28. The second-order valence-electron chi connectivity index (χ2n) is 8.46. The average molecular weight is 401 g/mol. The summed E-state index contributed by atoms with van der Waals surface area (Å²) in [5, 5.41) is 6.14. The van der Waals surface area contributed by atoms with Gasteiger partial charge in [0, 0.05) is 24.9 Å². The Bertz CT molecular complexity index is 753. The van der Waals surface area contributed by atoms with E-state index in [9.17, 15) is 14.4 Å². The Morgan fingerprint density at radius 1 is 1.10 bits per heavy atom. The highest BCUT2D eigenvalue weighted by Crippen LogP contribution is 2.25. The normalized spacial score (nSPS) is 24.1. The van der Waals surface area contributed by atoms with Gasteiger partial charge in [-0.05, 0) is 63.5 Å². The van der Waals surface area contributed by atoms with E-state index in [0.717, 1.165) is 31.2 Å². The van der Waals surface area contributed by atoms with E-state index >= 15 is 0 Å². The predicted octanol–water partition coefficient (Wildman–Crippen LogP) is 2.94. The summed E-state index contributed by atoms with van der Waals surface area (Å²) in [6.07, 6.45) is 4.85. The summed E-state index contributed by atoms with van der Waals surface area (Å²) < 4.78 is 4.93. The molecule has 2 amide bonds. The first-order chi connectivity index (χ1) is 13.9. The Morgan fingerprint density at radius 2 is 1.86 bits per heavy atom. The van der Waals surface area contributed by atoms with Crippen LogP contribution < -0.4 is 10.6 Å². The summed E-state index contributed by atoms with van der Waals surface area (Å²) in [5.74, 6) is -0.188. The minimum atomic E-state index is -0.176. The van der Waals surface area contributed by atoms with Crippen molar-refractivity contribution in [1.29, 1.82) is 0 Å². The topological polar surface area (TPSA) is 84.5 Å². The molecule has 2 aliphatic rings. The van der Waals surface area contributed by atoms with Crippen molar-refractivity contribution in [2.24, 2.45) is 11.8 Å². The Hall–Kier alpha value is -2.37. The first-order valence-electron chi connectivity index (χ1n) is 10.7. The molecule has 1 heterocycles. The third kappa shape index (κ3) is 6.05. The smallest absolute Gasteiger partial charge is 0.309 e. The summed E-state index contributed by atoms with van der Waals surface area (Å²) in [6.45, 7) is 5.17. The molecule has 1 saturated carbocycles. The average Bonchev–Trinajstić information content (AvgIpc) is 3.11. The van der Waals surface area contributed by atoms with Gasteiger partial charge in [-0.3, -0.25) is 14.4 Å². The fraction of sp³-hybridized carbons (Fsp3) is 0.609. The number of nitrogens with one attached hydrogen (secondary N) is 2. The minimum absolute atomic E-state index is 0.00699. The number of carbonyl (C=O) groups excluding carboxylic acids is 3. The van der Waals surface area contributed by atoms with E-state index in [4.69, 9.17) is 4.74 Å². The molecule has 2 fully saturated rings. The van der Waals surface area contributed by atoms with Crippen molar-refractivity contribution in [2.45, 2.75) is 71.4 Å². The van der Waals surface area contributed by atoms with Crippen molar-refractivity contribution in [3.8, 4) is 0 Å². The maximum Gasteiger partial charge on any atom is 0.309 e. The molecule has 0 spiro atoms. The SMILES string of the molecule is Cc1ccc(CNC(=O)C2CCC(NC(=O)CCC3CCOC3=O)CC2)c(C)c1. The van der Waals surface area contributed by atoms with Gasteiger partial charge < -0.3 is 15.4 Å². The number of amides is 2. The lowest BCUT2D eigenvalue weighted by Crippen LogP contribution is -2.40. The van der Waals surface area contributed by atoms with Crippen LogP contribution in [0, 0.1) is 25.7 Å². The zero-order chi connectivity index (χ0) is 20.8. The van der Waals surface area contributed by atoms with Gasteiger partial charge in [0.2, 0.25) is 11.8 Å². The van der Waals surface area contributed by atoms with Crippen LogP contribution >= 0.6 is 0 Å². The highest BCUT2D eigenvalue weighted by atomic mass is 16.5. The van der Waals surface area contributed by atoms with Crippen LogP contribution in [0.15, 0.2) is 18.2 Å². The molecule has 1 aliphatic heterocycles. The highest BCUT2D eigenvalue weighted by molar-refractivity contribution is 5.79. The van der Waals surface area contributed by atoms with Gasteiger partial charge >= 0.3 is 5.97 Å². The lowest BCUT2D eigenvalue weighted by Gasteiger charge is -2.28. The Labute approximate surface area is 172 Å². The number of benzene rings is 1. The van der Waals surface area contributed by atoms with Crippen LogP contribution in [0.2, 0.25) is 0 Å². The lowest BCUT2D eigenvalue weighted by atomic mass is 9.85. The first-order valence-corrected chi connectivity index (χ1v) is 10.7. The molecule has 1 atom stereocenters. The number of esters is 1. The Kier molecular flexibility index (Phi) is 7.29. The molecule has 6 nitrogen and oxygen atoms in total. The van der Waals surface area contributed by atoms with Crippen LogP contribution in [0.3, 0.4) is 0 Å². The van der Waals surface area contributed by atoms with Crippen LogP contribution in [-0.2, 0) is 25.7 Å². The number of ether oxygens (including phenoxy) is 1. The van der Waals surface area contributed by atoms with E-state index in [2.05, 4.69) is 42.7 Å². The van der Waals surface area contributed by atoms with Crippen LogP contribution in [-0.4, -0.2) is 30.4 Å². The van der Waals surface area contributed by atoms with Gasteiger partial charge in [-0.25, -0.2) is 0 Å². The fourth-order valence-corrected chi connectivity index (χ4v) is 4.28. The molecule has 3 rings (SSSR count). The molecule has 158 valence electrons. The van der Waals surface area contributed by atoms with E-state index in [1.165, 1.54) is 11.1 Å². The zero-order valence-electron chi connectivity index (χ0n) is 17.5. The maximum absolute atomic E-state index is 12.5. The Morgan fingerprint density at radius 3 is 2.52 bits per heavy atom. The molecule has 1 saturated heterocycles. The molecule has 1 aromatic rings. The van der Waals surface area contributed by atoms with E-state index in [1.807, 2.05) is 0 Å². The van der Waals surface area contributed by atoms with Gasteiger partial charge in [-0.1, -0.05) is 23.8 Å². The predicted molar refractivity (Wildman–Crippen MR) is 110 cm³/mol. The lowest BCUT2D eigenvalue weighted by molar-refractivity contribution is -0.141. The highest BCUT2D eigenvalue weighted by Gasteiger charge is 2.29. The standard InChI is InChI=1S/C23H32N2O4/c1-15-3-4-19(16(2)13-15)14-24-22(27)17-5-8-20(9-6-17)25-21(26)10-7-18-11-12-29-23(18)28/h3-4,13,17-18,20H,5-12,14H2,1-2H3,(H,24,27)(H,25,26). The van der Waals surface area contributed by atoms with Gasteiger partial charge in [0.1, 0.15) is 0 Å². The third-order valence-electron chi connectivity index (χ3n) is 6.18. The number of rotatable bonds is 7. The van der Waals surface area contributed by atoms with Crippen molar-refractivity contribution in [3.05, 3.63) is 34.9 Å². The quantitative estimate of drug-likeness (QED) is 0.689. The molecule has 2 N–H and O–H groups in total. The monoisotopic (exact) mass is 400 g/mol. The van der Waals surface area contributed by atoms with Gasteiger partial charge in [0.15, 0.2) is 0 Å². The van der Waals surface area contributed by atoms with Crippen molar-refractivity contribution in [3.63, 3.8) is 0 Å². The van der Waals surface area contributed by atoms with E-state index < -0.39 is 0 Å². The van der Waals surface area contributed by atoms with Crippen molar-refractivity contribution >= 4 is 17.8 Å². The largest absolute Gasteiger partial charge is 0.465 e. The van der Waals surface area contributed by atoms with E-state index in [-0.39, 0.29) is 35.7 Å². The van der Waals surface area contributed by atoms with Crippen LogP contribution in [0.25, 0.3) is 0 Å². The molecule has 1 aliphatic carbocycles. The number of aryl methyl sites for hydroxylation is 2. The van der Waals surface area contributed by atoms with Crippen molar-refractivity contribution < 1.29 is 19.1 Å².